The molecule has 0 spiro atoms. The van der Waals surface area contributed by atoms with Gasteiger partial charge in [-0.2, -0.15) is 0 Å². The molecule has 1 saturated carbocycles. The third kappa shape index (κ3) is 7.33. The van der Waals surface area contributed by atoms with Crippen molar-refractivity contribution in [2.45, 2.75) is 64.5 Å². The molecule has 3 N–H and O–H groups in total. The van der Waals surface area contributed by atoms with Gasteiger partial charge < -0.3 is 30.3 Å². The number of rotatable bonds is 7. The van der Waals surface area contributed by atoms with E-state index in [4.69, 9.17) is 4.74 Å². The van der Waals surface area contributed by atoms with Gasteiger partial charge in [-0.25, -0.2) is 4.79 Å². The molecule has 9 heteroatoms. The molecule has 0 unspecified atom stereocenters. The number of nitrogens with one attached hydrogen (secondary N) is 2. The van der Waals surface area contributed by atoms with E-state index in [9.17, 15) is 19.5 Å². The molecular formula is C35H44N4O5. The zero-order chi connectivity index (χ0) is 31.2. The van der Waals surface area contributed by atoms with Gasteiger partial charge in [0.25, 0.3) is 0 Å². The van der Waals surface area contributed by atoms with Crippen molar-refractivity contribution < 1.29 is 24.2 Å². The Balaban J connectivity index is 1.37. The molecule has 4 amide bonds. The van der Waals surface area contributed by atoms with Crippen LogP contribution in [-0.4, -0.2) is 71.6 Å². The van der Waals surface area contributed by atoms with E-state index in [0.29, 0.717) is 23.5 Å². The Labute approximate surface area is 259 Å². The first-order valence-corrected chi connectivity index (χ1v) is 15.7. The molecule has 3 aromatic rings. The molecule has 234 valence electrons. The van der Waals surface area contributed by atoms with Crippen molar-refractivity contribution in [1.29, 1.82) is 0 Å². The summed E-state index contributed by atoms with van der Waals surface area (Å²) < 4.78 is 6.58. The zero-order valence-electron chi connectivity index (χ0n) is 25.9. The maximum Gasteiger partial charge on any atom is 0.321 e. The van der Waals surface area contributed by atoms with E-state index in [1.807, 2.05) is 68.4 Å². The first kappa shape index (κ1) is 31.3. The molecule has 3 aromatic carbocycles. The van der Waals surface area contributed by atoms with Crippen LogP contribution in [0.25, 0.3) is 10.8 Å². The number of carbonyl (C=O) groups excluding carboxylic acids is 3. The number of anilines is 2. The van der Waals surface area contributed by atoms with Crippen molar-refractivity contribution in [3.63, 3.8) is 0 Å². The summed E-state index contributed by atoms with van der Waals surface area (Å²) in [5.74, 6) is 0.292. The predicted octanol–water partition coefficient (Wildman–Crippen LogP) is 5.67. The van der Waals surface area contributed by atoms with Crippen LogP contribution in [-0.2, 0) is 16.0 Å². The second-order valence-electron chi connectivity index (χ2n) is 12.4. The summed E-state index contributed by atoms with van der Waals surface area (Å²) in [6.07, 6.45) is 4.73. The number of likely N-dealkylation sites (N-methyl/N-ethyl adjacent to an activating group) is 1. The Kier molecular flexibility index (Phi) is 10.0. The van der Waals surface area contributed by atoms with Crippen molar-refractivity contribution in [2.75, 3.05) is 37.4 Å². The number of carbonyl (C=O) groups is 3. The maximum absolute atomic E-state index is 13.6. The molecule has 1 aliphatic carbocycles. The van der Waals surface area contributed by atoms with Crippen LogP contribution >= 0.6 is 0 Å². The van der Waals surface area contributed by atoms with Crippen molar-refractivity contribution in [1.82, 2.24) is 9.80 Å². The quantitative estimate of drug-likeness (QED) is 0.324. The second-order valence-corrected chi connectivity index (χ2v) is 12.4. The van der Waals surface area contributed by atoms with E-state index >= 15 is 0 Å². The Hall–Kier alpha value is -4.11. The van der Waals surface area contributed by atoms with Crippen LogP contribution in [0, 0.1) is 11.8 Å². The number of benzene rings is 3. The van der Waals surface area contributed by atoms with Crippen LogP contribution in [0.3, 0.4) is 0 Å². The molecule has 0 bridgehead atoms. The van der Waals surface area contributed by atoms with Gasteiger partial charge in [-0.3, -0.25) is 9.59 Å². The minimum Gasteiger partial charge on any atom is -0.488 e. The molecule has 9 nitrogen and oxygen atoms in total. The monoisotopic (exact) mass is 600 g/mol. The van der Waals surface area contributed by atoms with Gasteiger partial charge in [-0.05, 0) is 49.4 Å². The van der Waals surface area contributed by atoms with Crippen LogP contribution in [0.4, 0.5) is 16.2 Å². The standard InChI is InChI=1S/C35H44N4O5/c1-23-20-39(24(2)22-40)33(41)19-27-18-28(36-34(42)26-11-5-4-6-12-26)16-17-31(27)44-32(23)21-38(3)35(43)37-30-15-9-13-25-10-7-8-14-29(25)30/h7-10,13-18,23-24,26,32,40H,4-6,11-12,19-22H2,1-3H3,(H,36,42)(H,37,43)/t23-,24+,32-/m1/s1. The highest BCUT2D eigenvalue weighted by Gasteiger charge is 2.32. The first-order valence-electron chi connectivity index (χ1n) is 15.7. The van der Waals surface area contributed by atoms with Crippen LogP contribution in [0.15, 0.2) is 60.7 Å². The van der Waals surface area contributed by atoms with E-state index in [1.165, 1.54) is 6.42 Å². The zero-order valence-corrected chi connectivity index (χ0v) is 25.9. The summed E-state index contributed by atoms with van der Waals surface area (Å²) in [5, 5.41) is 18.0. The lowest BCUT2D eigenvalue weighted by Crippen LogP contribution is -2.48. The summed E-state index contributed by atoms with van der Waals surface area (Å²) in [6, 6.07) is 18.5. The van der Waals surface area contributed by atoms with Crippen LogP contribution in [0.5, 0.6) is 5.75 Å². The average molecular weight is 601 g/mol. The van der Waals surface area contributed by atoms with E-state index < -0.39 is 6.10 Å². The summed E-state index contributed by atoms with van der Waals surface area (Å²) in [4.78, 5) is 43.2. The lowest BCUT2D eigenvalue weighted by atomic mass is 9.88. The Bertz CT molecular complexity index is 1480. The third-order valence-electron chi connectivity index (χ3n) is 8.99. The number of urea groups is 1. The van der Waals surface area contributed by atoms with E-state index in [2.05, 4.69) is 10.6 Å². The number of amides is 4. The van der Waals surface area contributed by atoms with Gasteiger partial charge in [-0.15, -0.1) is 0 Å². The summed E-state index contributed by atoms with van der Waals surface area (Å²) in [7, 11) is 1.73. The molecule has 44 heavy (non-hydrogen) atoms. The van der Waals surface area contributed by atoms with E-state index in [-0.39, 0.29) is 55.3 Å². The predicted molar refractivity (Wildman–Crippen MR) is 173 cm³/mol. The minimum absolute atomic E-state index is 0.00789. The van der Waals surface area contributed by atoms with Gasteiger partial charge in [0, 0.05) is 42.1 Å². The van der Waals surface area contributed by atoms with Crippen LogP contribution < -0.4 is 15.4 Å². The smallest absolute Gasteiger partial charge is 0.321 e. The first-order chi connectivity index (χ1) is 21.2. The van der Waals surface area contributed by atoms with Gasteiger partial charge in [0.15, 0.2) is 0 Å². The number of ether oxygens (including phenoxy) is 1. The fraction of sp³-hybridized carbons (Fsp3) is 0.457. The fourth-order valence-corrected chi connectivity index (χ4v) is 6.23. The maximum atomic E-state index is 13.6. The van der Waals surface area contributed by atoms with Crippen molar-refractivity contribution in [3.8, 4) is 5.75 Å². The number of aliphatic hydroxyl groups excluding tert-OH is 1. The van der Waals surface area contributed by atoms with E-state index in [1.54, 1.807) is 22.9 Å². The Morgan fingerprint density at radius 1 is 1.05 bits per heavy atom. The normalized spacial score (nSPS) is 20.0. The highest BCUT2D eigenvalue weighted by Crippen LogP contribution is 2.31. The van der Waals surface area contributed by atoms with E-state index in [0.717, 1.165) is 42.1 Å². The Morgan fingerprint density at radius 3 is 2.57 bits per heavy atom. The molecule has 5 rings (SSSR count). The summed E-state index contributed by atoms with van der Waals surface area (Å²) >= 11 is 0. The highest BCUT2D eigenvalue weighted by molar-refractivity contribution is 6.01. The molecule has 1 aliphatic heterocycles. The van der Waals surface area contributed by atoms with Gasteiger partial charge in [0.1, 0.15) is 11.9 Å². The minimum atomic E-state index is -0.445. The van der Waals surface area contributed by atoms with Crippen LogP contribution in [0.2, 0.25) is 0 Å². The number of hydrogen-bond donors (Lipinski definition) is 3. The largest absolute Gasteiger partial charge is 0.488 e. The SMILES string of the molecule is C[C@@H]1CN([C@@H](C)CO)C(=O)Cc2cc(NC(=O)C3CCCCC3)ccc2O[C@@H]1CN(C)C(=O)Nc1cccc2ccccc12. The molecule has 1 heterocycles. The summed E-state index contributed by atoms with van der Waals surface area (Å²) in [5.41, 5.74) is 2.02. The fourth-order valence-electron chi connectivity index (χ4n) is 6.23. The van der Waals surface area contributed by atoms with Crippen molar-refractivity contribution in [3.05, 3.63) is 66.2 Å². The molecule has 3 atom stereocenters. The third-order valence-corrected chi connectivity index (χ3v) is 8.99. The molecule has 0 radical (unpaired) electrons. The molecule has 1 fully saturated rings. The van der Waals surface area contributed by atoms with Gasteiger partial charge >= 0.3 is 6.03 Å². The van der Waals surface area contributed by atoms with Crippen LogP contribution in [0.1, 0.15) is 51.5 Å². The molecule has 0 aromatic heterocycles. The number of hydrogen-bond acceptors (Lipinski definition) is 5. The topological polar surface area (TPSA) is 111 Å². The molecule has 0 saturated heterocycles. The number of fused-ring (bicyclic) bond motifs is 2. The Morgan fingerprint density at radius 2 is 1.80 bits per heavy atom. The van der Waals surface area contributed by atoms with Crippen molar-refractivity contribution >= 4 is 40.0 Å². The van der Waals surface area contributed by atoms with Gasteiger partial charge in [0.05, 0.1) is 31.3 Å². The number of aliphatic hydroxyl groups is 1. The molecular weight excluding hydrogens is 556 g/mol. The van der Waals surface area contributed by atoms with Crippen molar-refractivity contribution in [2.24, 2.45) is 11.8 Å². The second kappa shape index (κ2) is 14.1. The summed E-state index contributed by atoms with van der Waals surface area (Å²) in [6.45, 7) is 4.29. The van der Waals surface area contributed by atoms with Gasteiger partial charge in [0.2, 0.25) is 11.8 Å². The van der Waals surface area contributed by atoms with Gasteiger partial charge in [-0.1, -0.05) is 62.6 Å². The molecule has 2 aliphatic rings. The lowest BCUT2D eigenvalue weighted by Gasteiger charge is -2.34. The highest BCUT2D eigenvalue weighted by atomic mass is 16.5. The number of nitrogens with zero attached hydrogens (tertiary/aromatic N) is 2. The lowest BCUT2D eigenvalue weighted by molar-refractivity contribution is -0.134. The average Bonchev–Trinajstić information content (AvgIpc) is 3.08.